The molecule has 2 heterocycles. The minimum absolute atomic E-state index is 0.0878. The second kappa shape index (κ2) is 8.39. The Kier molecular flexibility index (Phi) is 5.72. The highest BCUT2D eigenvalue weighted by atomic mass is 32.2. The number of anilines is 1. The smallest absolute Gasteiger partial charge is 0.248 e. The van der Waals surface area contributed by atoms with Gasteiger partial charge in [0.15, 0.2) is 0 Å². The van der Waals surface area contributed by atoms with E-state index in [1.807, 2.05) is 0 Å². The van der Waals surface area contributed by atoms with Crippen LogP contribution >= 0.6 is 23.5 Å². The third-order valence-electron chi connectivity index (χ3n) is 4.54. The molecule has 28 heavy (non-hydrogen) atoms. The van der Waals surface area contributed by atoms with Crippen LogP contribution in [0, 0.1) is 0 Å². The van der Waals surface area contributed by atoms with E-state index in [0.717, 1.165) is 18.6 Å². The Bertz CT molecular complexity index is 855. The minimum Gasteiger partial charge on any atom is -0.497 e. The number of benzene rings is 1. The number of hydrogen-bond acceptors (Lipinski definition) is 8. The Morgan fingerprint density at radius 1 is 1.32 bits per heavy atom. The fourth-order valence-corrected chi connectivity index (χ4v) is 4.85. The van der Waals surface area contributed by atoms with Crippen LogP contribution in [0.5, 0.6) is 5.75 Å². The highest BCUT2D eigenvalue weighted by molar-refractivity contribution is 8.00. The van der Waals surface area contributed by atoms with Crippen molar-refractivity contribution in [2.45, 2.75) is 30.1 Å². The lowest BCUT2D eigenvalue weighted by Gasteiger charge is -2.23. The lowest BCUT2D eigenvalue weighted by atomic mass is 10.2. The van der Waals surface area contributed by atoms with Crippen LogP contribution in [0.4, 0.5) is 5.69 Å². The van der Waals surface area contributed by atoms with E-state index in [9.17, 15) is 9.59 Å². The maximum Gasteiger partial charge on any atom is 0.248 e. The summed E-state index contributed by atoms with van der Waals surface area (Å²) in [5.41, 5.74) is 0.674. The molecule has 1 saturated heterocycles. The molecule has 0 bridgehead atoms. The number of nitrogens with zero attached hydrogens (tertiary/aromatic N) is 5. The molecular weight excluding hydrogens is 400 g/mol. The summed E-state index contributed by atoms with van der Waals surface area (Å²) in [5, 5.41) is 15.2. The molecule has 4 rings (SSSR count). The quantitative estimate of drug-likeness (QED) is 0.675. The average molecular weight is 421 g/mol. The molecule has 2 aliphatic rings. The van der Waals surface area contributed by atoms with Crippen LogP contribution in [0.15, 0.2) is 29.4 Å². The van der Waals surface area contributed by atoms with E-state index in [1.54, 1.807) is 52.7 Å². The molecule has 1 N–H and O–H groups in total. The van der Waals surface area contributed by atoms with Crippen molar-refractivity contribution in [3.05, 3.63) is 24.3 Å². The van der Waals surface area contributed by atoms with Gasteiger partial charge in [0.05, 0.1) is 24.8 Å². The number of amides is 2. The number of thioether (sulfide) groups is 2. The van der Waals surface area contributed by atoms with E-state index in [0.29, 0.717) is 28.5 Å². The van der Waals surface area contributed by atoms with Crippen molar-refractivity contribution in [2.75, 3.05) is 29.8 Å². The molecule has 1 aliphatic heterocycles. The average Bonchev–Trinajstić information content (AvgIpc) is 3.24. The van der Waals surface area contributed by atoms with Crippen LogP contribution in [0.3, 0.4) is 0 Å². The van der Waals surface area contributed by atoms with E-state index in [-0.39, 0.29) is 17.6 Å². The molecule has 1 aromatic carbocycles. The lowest BCUT2D eigenvalue weighted by Crippen LogP contribution is -2.45. The van der Waals surface area contributed by atoms with E-state index in [1.165, 1.54) is 11.8 Å². The molecule has 2 fully saturated rings. The predicted octanol–water partition coefficient (Wildman–Crippen LogP) is 1.65. The zero-order valence-electron chi connectivity index (χ0n) is 15.3. The van der Waals surface area contributed by atoms with Crippen LogP contribution < -0.4 is 10.1 Å². The summed E-state index contributed by atoms with van der Waals surface area (Å²) in [6, 6.07) is 6.99. The molecule has 2 amide bonds. The predicted molar refractivity (Wildman–Crippen MR) is 106 cm³/mol. The second-order valence-corrected chi connectivity index (χ2v) is 8.47. The first-order valence-electron chi connectivity index (χ1n) is 8.88. The zero-order chi connectivity index (χ0) is 19.5. The van der Waals surface area contributed by atoms with Gasteiger partial charge in [-0.05, 0) is 47.5 Å². The molecular formula is C17H20N6O3S2. The zero-order valence-corrected chi connectivity index (χ0v) is 16.9. The van der Waals surface area contributed by atoms with Gasteiger partial charge in [0.25, 0.3) is 0 Å². The fourth-order valence-electron chi connectivity index (χ4n) is 2.84. The third kappa shape index (κ3) is 4.25. The summed E-state index contributed by atoms with van der Waals surface area (Å²) in [5.74, 6) is 1.74. The van der Waals surface area contributed by atoms with Crippen LogP contribution in [-0.2, 0) is 9.59 Å². The number of carbonyl (C=O) groups is 2. The number of carbonyl (C=O) groups excluding carboxylic acids is 2. The number of hydrogen-bond donors (Lipinski definition) is 1. The van der Waals surface area contributed by atoms with Crippen LogP contribution in [0.25, 0.3) is 0 Å². The van der Waals surface area contributed by atoms with Crippen molar-refractivity contribution < 1.29 is 14.3 Å². The summed E-state index contributed by atoms with van der Waals surface area (Å²) < 4.78 is 6.90. The van der Waals surface area contributed by atoms with Gasteiger partial charge >= 0.3 is 0 Å². The first-order valence-corrected chi connectivity index (χ1v) is 11.0. The maximum absolute atomic E-state index is 12.7. The normalized spacial score (nSPS) is 18.9. The molecule has 1 atom stereocenters. The van der Waals surface area contributed by atoms with Gasteiger partial charge in [-0.25, -0.2) is 4.68 Å². The minimum atomic E-state index is -0.486. The molecule has 1 aliphatic carbocycles. The standard InChI is InChI=1S/C17H20N6O3S2/c1-26-13-6-2-11(3-7-13)18-16(25)14-8-27-10-22(14)15(24)9-28-17-19-20-21-23(17)12-4-5-12/h2-3,6-7,12,14H,4-5,8-10H2,1H3,(H,18,25). The summed E-state index contributed by atoms with van der Waals surface area (Å²) in [6.07, 6.45) is 2.14. The van der Waals surface area contributed by atoms with Crippen molar-refractivity contribution in [1.82, 2.24) is 25.1 Å². The first kappa shape index (κ1) is 19.1. The Morgan fingerprint density at radius 3 is 2.82 bits per heavy atom. The van der Waals surface area contributed by atoms with Crippen molar-refractivity contribution in [1.29, 1.82) is 0 Å². The van der Waals surface area contributed by atoms with Crippen molar-refractivity contribution in [3.8, 4) is 5.75 Å². The number of ether oxygens (including phenoxy) is 1. The van der Waals surface area contributed by atoms with Gasteiger partial charge in [-0.1, -0.05) is 11.8 Å². The highest BCUT2D eigenvalue weighted by Gasteiger charge is 2.35. The number of methoxy groups -OCH3 is 1. The summed E-state index contributed by atoms with van der Waals surface area (Å²) in [7, 11) is 1.59. The molecule has 1 aromatic heterocycles. The van der Waals surface area contributed by atoms with Gasteiger partial charge < -0.3 is 15.0 Å². The summed E-state index contributed by atoms with van der Waals surface area (Å²) in [4.78, 5) is 27.0. The SMILES string of the molecule is COc1ccc(NC(=O)C2CSCN2C(=O)CSc2nnnn2C2CC2)cc1. The van der Waals surface area contributed by atoms with E-state index in [4.69, 9.17) is 4.74 Å². The second-order valence-electron chi connectivity index (χ2n) is 6.52. The topological polar surface area (TPSA) is 102 Å². The lowest BCUT2D eigenvalue weighted by molar-refractivity contribution is -0.134. The molecule has 1 saturated carbocycles. The van der Waals surface area contributed by atoms with Gasteiger partial charge in [0.1, 0.15) is 11.8 Å². The van der Waals surface area contributed by atoms with Gasteiger partial charge in [0.2, 0.25) is 17.0 Å². The first-order chi connectivity index (χ1) is 13.7. The van der Waals surface area contributed by atoms with Crippen LogP contribution in [0.2, 0.25) is 0 Å². The number of tetrazole rings is 1. The third-order valence-corrected chi connectivity index (χ3v) is 6.47. The van der Waals surface area contributed by atoms with E-state index in [2.05, 4.69) is 20.8 Å². The van der Waals surface area contributed by atoms with Crippen molar-refractivity contribution in [2.24, 2.45) is 0 Å². The Labute approximate surface area is 170 Å². The summed E-state index contributed by atoms with van der Waals surface area (Å²) >= 11 is 2.89. The monoisotopic (exact) mass is 420 g/mol. The molecule has 148 valence electrons. The molecule has 0 radical (unpaired) electrons. The Balaban J connectivity index is 1.34. The maximum atomic E-state index is 12.7. The summed E-state index contributed by atoms with van der Waals surface area (Å²) in [6.45, 7) is 0. The molecule has 1 unspecified atom stereocenters. The molecule has 2 aromatic rings. The number of aromatic nitrogens is 4. The van der Waals surface area contributed by atoms with E-state index >= 15 is 0 Å². The van der Waals surface area contributed by atoms with Crippen LogP contribution in [0.1, 0.15) is 18.9 Å². The fraction of sp³-hybridized carbons (Fsp3) is 0.471. The van der Waals surface area contributed by atoms with Crippen LogP contribution in [-0.4, -0.2) is 67.5 Å². The van der Waals surface area contributed by atoms with Gasteiger partial charge in [-0.3, -0.25) is 9.59 Å². The van der Waals surface area contributed by atoms with Gasteiger partial charge in [-0.15, -0.1) is 16.9 Å². The molecule has 0 spiro atoms. The van der Waals surface area contributed by atoms with Crippen molar-refractivity contribution >= 4 is 41.0 Å². The Hall–Kier alpha value is -2.27. The number of nitrogens with one attached hydrogen (secondary N) is 1. The largest absolute Gasteiger partial charge is 0.497 e. The van der Waals surface area contributed by atoms with Crippen molar-refractivity contribution in [3.63, 3.8) is 0 Å². The van der Waals surface area contributed by atoms with Gasteiger partial charge in [0, 0.05) is 11.4 Å². The molecule has 11 heteroatoms. The molecule has 9 nitrogen and oxygen atoms in total. The number of rotatable bonds is 7. The van der Waals surface area contributed by atoms with Gasteiger partial charge in [-0.2, -0.15) is 0 Å². The Morgan fingerprint density at radius 2 is 2.11 bits per heavy atom. The highest BCUT2D eigenvalue weighted by Crippen LogP contribution is 2.36. The van der Waals surface area contributed by atoms with E-state index < -0.39 is 6.04 Å².